The van der Waals surface area contributed by atoms with Crippen molar-refractivity contribution in [3.05, 3.63) is 59.2 Å². The molecule has 0 aromatic heterocycles. The molecular formula is C19H22N2O3S. The molecule has 0 aliphatic carbocycles. The highest BCUT2D eigenvalue weighted by Crippen LogP contribution is 2.46. The predicted octanol–water partition coefficient (Wildman–Crippen LogP) is 3.83. The van der Waals surface area contributed by atoms with E-state index in [2.05, 4.69) is 23.9 Å². The van der Waals surface area contributed by atoms with Gasteiger partial charge < -0.3 is 15.1 Å². The van der Waals surface area contributed by atoms with Crippen LogP contribution in [0.25, 0.3) is 0 Å². The average Bonchev–Trinajstić information content (AvgIpc) is 2.53. The highest BCUT2D eigenvalue weighted by molar-refractivity contribution is 7.85. The lowest BCUT2D eigenvalue weighted by molar-refractivity contribution is 0.0696. The highest BCUT2D eigenvalue weighted by atomic mass is 32.2. The molecule has 3 N–H and O–H groups in total. The van der Waals surface area contributed by atoms with Crippen molar-refractivity contribution >= 4 is 28.3 Å². The molecule has 2 unspecified atom stereocenters. The lowest BCUT2D eigenvalue weighted by atomic mass is 9.72. The van der Waals surface area contributed by atoms with Crippen LogP contribution in [0.2, 0.25) is 0 Å². The molecule has 2 aromatic carbocycles. The number of anilines is 2. The Balaban J connectivity index is 2.02. The van der Waals surface area contributed by atoms with Gasteiger partial charge in [0.05, 0.1) is 17.3 Å². The molecule has 0 saturated carbocycles. The van der Waals surface area contributed by atoms with E-state index in [-0.39, 0.29) is 11.5 Å². The van der Waals surface area contributed by atoms with Crippen LogP contribution in [0.4, 0.5) is 11.4 Å². The number of fused-ring (bicyclic) bond motifs is 1. The van der Waals surface area contributed by atoms with Crippen LogP contribution in [0.3, 0.4) is 0 Å². The van der Waals surface area contributed by atoms with Crippen molar-refractivity contribution in [1.82, 2.24) is 0 Å². The van der Waals surface area contributed by atoms with Gasteiger partial charge in [0.15, 0.2) is 0 Å². The standard InChI is InChI=1S/C19H22N2O3S/c1-19(2)11-13-10-12(18(22)23)8-9-15(13)20-17(19)14-6-4-5-7-16(14)21-25(3)24/h4-10,17,20-21H,11H2,1-3H3,(H,22,23). The van der Waals surface area contributed by atoms with Crippen molar-refractivity contribution in [3.63, 3.8) is 0 Å². The Labute approximate surface area is 150 Å². The molecule has 1 aliphatic rings. The SMILES string of the molecule is CS(=O)Nc1ccccc1C1Nc2ccc(C(=O)O)cc2CC1(C)C. The van der Waals surface area contributed by atoms with Gasteiger partial charge in [-0.05, 0) is 47.2 Å². The molecule has 132 valence electrons. The van der Waals surface area contributed by atoms with Crippen LogP contribution in [0.15, 0.2) is 42.5 Å². The van der Waals surface area contributed by atoms with Crippen molar-refractivity contribution in [3.8, 4) is 0 Å². The van der Waals surface area contributed by atoms with Gasteiger partial charge in [0.25, 0.3) is 0 Å². The van der Waals surface area contributed by atoms with Gasteiger partial charge in [-0.2, -0.15) is 0 Å². The Kier molecular flexibility index (Phi) is 4.56. The Bertz CT molecular complexity index is 848. The molecular weight excluding hydrogens is 336 g/mol. The van der Waals surface area contributed by atoms with Gasteiger partial charge in [0, 0.05) is 11.9 Å². The van der Waals surface area contributed by atoms with Gasteiger partial charge in [0.1, 0.15) is 11.0 Å². The summed E-state index contributed by atoms with van der Waals surface area (Å²) >= 11 is 0. The largest absolute Gasteiger partial charge is 0.478 e. The summed E-state index contributed by atoms with van der Waals surface area (Å²) in [5.74, 6) is -0.914. The Hall–Kier alpha value is -2.34. The second-order valence-electron chi connectivity index (χ2n) is 7.06. The monoisotopic (exact) mass is 358 g/mol. The normalized spacial score (nSPS) is 19.4. The lowest BCUT2D eigenvalue weighted by Gasteiger charge is -2.42. The number of rotatable bonds is 4. The van der Waals surface area contributed by atoms with Crippen molar-refractivity contribution in [1.29, 1.82) is 0 Å². The van der Waals surface area contributed by atoms with Gasteiger partial charge in [-0.3, -0.25) is 0 Å². The van der Waals surface area contributed by atoms with E-state index in [9.17, 15) is 14.1 Å². The molecule has 2 atom stereocenters. The van der Waals surface area contributed by atoms with Crippen LogP contribution in [-0.2, 0) is 17.4 Å². The summed E-state index contributed by atoms with van der Waals surface area (Å²) in [6.45, 7) is 4.31. The fraction of sp³-hybridized carbons (Fsp3) is 0.316. The first-order valence-corrected chi connectivity index (χ1v) is 9.65. The third-order valence-corrected chi connectivity index (χ3v) is 5.11. The summed E-state index contributed by atoms with van der Waals surface area (Å²) in [7, 11) is -1.15. The van der Waals surface area contributed by atoms with Crippen LogP contribution in [-0.4, -0.2) is 21.5 Å². The molecule has 25 heavy (non-hydrogen) atoms. The minimum Gasteiger partial charge on any atom is -0.478 e. The number of hydrogen-bond acceptors (Lipinski definition) is 3. The van der Waals surface area contributed by atoms with Crippen molar-refractivity contribution in [2.75, 3.05) is 16.3 Å². The van der Waals surface area contributed by atoms with Gasteiger partial charge in [-0.1, -0.05) is 32.0 Å². The van der Waals surface area contributed by atoms with E-state index in [1.165, 1.54) is 0 Å². The molecule has 0 bridgehead atoms. The van der Waals surface area contributed by atoms with Crippen LogP contribution in [0, 0.1) is 5.41 Å². The zero-order valence-electron chi connectivity index (χ0n) is 14.5. The maximum Gasteiger partial charge on any atom is 0.335 e. The van der Waals surface area contributed by atoms with Crippen LogP contribution in [0.5, 0.6) is 0 Å². The summed E-state index contributed by atoms with van der Waals surface area (Å²) in [5, 5.41) is 12.8. The van der Waals surface area contributed by atoms with E-state index in [4.69, 9.17) is 0 Å². The molecule has 0 spiro atoms. The quantitative estimate of drug-likeness (QED) is 0.776. The third kappa shape index (κ3) is 3.54. The van der Waals surface area contributed by atoms with Crippen molar-refractivity contribution < 1.29 is 14.1 Å². The summed E-state index contributed by atoms with van der Waals surface area (Å²) in [6, 6.07) is 13.1. The Morgan fingerprint density at radius 1 is 1.28 bits per heavy atom. The fourth-order valence-electron chi connectivity index (χ4n) is 3.45. The third-order valence-electron chi connectivity index (χ3n) is 4.61. The van der Waals surface area contributed by atoms with Crippen molar-refractivity contribution in [2.24, 2.45) is 5.41 Å². The number of carboxylic acid groups (broad SMARTS) is 1. The smallest absolute Gasteiger partial charge is 0.335 e. The minimum atomic E-state index is -1.15. The summed E-state index contributed by atoms with van der Waals surface area (Å²) in [6.07, 6.45) is 2.36. The van der Waals surface area contributed by atoms with E-state index in [1.807, 2.05) is 30.3 Å². The van der Waals surface area contributed by atoms with Gasteiger partial charge in [-0.15, -0.1) is 0 Å². The van der Waals surface area contributed by atoms with E-state index in [1.54, 1.807) is 18.4 Å². The second-order valence-corrected chi connectivity index (χ2v) is 8.18. The van der Waals surface area contributed by atoms with Gasteiger partial charge in [-0.25, -0.2) is 9.00 Å². The highest BCUT2D eigenvalue weighted by Gasteiger charge is 2.37. The van der Waals surface area contributed by atoms with E-state index >= 15 is 0 Å². The Morgan fingerprint density at radius 2 is 2.00 bits per heavy atom. The molecule has 0 amide bonds. The molecule has 3 rings (SSSR count). The first-order valence-electron chi connectivity index (χ1n) is 8.10. The number of aromatic carboxylic acids is 1. The maximum absolute atomic E-state index is 11.6. The molecule has 0 fully saturated rings. The van der Waals surface area contributed by atoms with E-state index in [0.29, 0.717) is 5.56 Å². The second kappa shape index (κ2) is 6.52. The first kappa shape index (κ1) is 17.5. The zero-order chi connectivity index (χ0) is 18.2. The van der Waals surface area contributed by atoms with Crippen LogP contribution >= 0.6 is 0 Å². The average molecular weight is 358 g/mol. The molecule has 5 nitrogen and oxygen atoms in total. The van der Waals surface area contributed by atoms with E-state index < -0.39 is 17.0 Å². The number of hydrogen-bond donors (Lipinski definition) is 3. The first-order chi connectivity index (χ1) is 11.8. The molecule has 2 aromatic rings. The summed E-state index contributed by atoms with van der Waals surface area (Å²) < 4.78 is 14.6. The topological polar surface area (TPSA) is 78.4 Å². The van der Waals surface area contributed by atoms with E-state index in [0.717, 1.165) is 28.9 Å². The number of para-hydroxylation sites is 1. The van der Waals surface area contributed by atoms with Crippen LogP contribution in [0.1, 0.15) is 41.4 Å². The maximum atomic E-state index is 11.6. The Morgan fingerprint density at radius 3 is 2.68 bits per heavy atom. The molecule has 0 saturated heterocycles. The van der Waals surface area contributed by atoms with Crippen LogP contribution < -0.4 is 10.0 Å². The van der Waals surface area contributed by atoms with Crippen molar-refractivity contribution in [2.45, 2.75) is 26.3 Å². The molecule has 0 radical (unpaired) electrons. The molecule has 1 heterocycles. The summed E-state index contributed by atoms with van der Waals surface area (Å²) in [4.78, 5) is 11.2. The predicted molar refractivity (Wildman–Crippen MR) is 101 cm³/mol. The molecule has 1 aliphatic heterocycles. The fourth-order valence-corrected chi connectivity index (χ4v) is 3.95. The number of carbonyl (C=O) groups is 1. The number of carboxylic acids is 1. The number of nitrogens with one attached hydrogen (secondary N) is 2. The van der Waals surface area contributed by atoms with Gasteiger partial charge in [0.2, 0.25) is 0 Å². The summed E-state index contributed by atoms with van der Waals surface area (Å²) in [5.41, 5.74) is 4.01. The lowest BCUT2D eigenvalue weighted by Crippen LogP contribution is -2.35. The number of benzene rings is 2. The molecule has 6 heteroatoms. The van der Waals surface area contributed by atoms with Gasteiger partial charge >= 0.3 is 5.97 Å². The zero-order valence-corrected chi connectivity index (χ0v) is 15.3. The minimum absolute atomic E-state index is 0.0166.